The van der Waals surface area contributed by atoms with Gasteiger partial charge in [0.2, 0.25) is 10.0 Å². The van der Waals surface area contributed by atoms with Crippen molar-refractivity contribution in [2.24, 2.45) is 7.05 Å². The van der Waals surface area contributed by atoms with Gasteiger partial charge in [0.25, 0.3) is 5.69 Å². The summed E-state index contributed by atoms with van der Waals surface area (Å²) in [5, 5.41) is 11.0. The van der Waals surface area contributed by atoms with E-state index in [1.54, 1.807) is 6.92 Å². The average Bonchev–Trinajstić information content (AvgIpc) is 3.08. The third-order valence-electron chi connectivity index (χ3n) is 4.95. The second-order valence-corrected chi connectivity index (χ2v) is 8.50. The molecular formula is C18H24N4O5S. The van der Waals surface area contributed by atoms with Crippen molar-refractivity contribution in [1.29, 1.82) is 0 Å². The maximum Gasteiger partial charge on any atom is 0.270 e. The minimum absolute atomic E-state index is 0.0747. The second-order valence-electron chi connectivity index (χ2n) is 6.77. The molecule has 0 aliphatic carbocycles. The molecule has 1 aromatic carbocycles. The van der Waals surface area contributed by atoms with Crippen LogP contribution in [0.4, 0.5) is 5.69 Å². The Morgan fingerprint density at radius 2 is 2.00 bits per heavy atom. The molecule has 28 heavy (non-hydrogen) atoms. The third kappa shape index (κ3) is 4.41. The van der Waals surface area contributed by atoms with E-state index in [0.29, 0.717) is 31.9 Å². The van der Waals surface area contributed by atoms with Crippen LogP contribution in [0.3, 0.4) is 0 Å². The standard InChI is InChI=1S/C18H24N4O5S/c1-14-5-6-15(22(23)24)12-18(14)28(25,26)19-13-17(16-4-3-7-20(16)2)21-8-10-27-11-9-21/h3-7,12,17,19H,8-11,13H2,1-2H3. The van der Waals surface area contributed by atoms with Crippen LogP contribution >= 0.6 is 0 Å². The van der Waals surface area contributed by atoms with E-state index in [9.17, 15) is 18.5 Å². The largest absolute Gasteiger partial charge is 0.379 e. The van der Waals surface area contributed by atoms with Gasteiger partial charge in [0.1, 0.15) is 0 Å². The summed E-state index contributed by atoms with van der Waals surface area (Å²) >= 11 is 0. The molecule has 1 saturated heterocycles. The maximum absolute atomic E-state index is 12.9. The lowest BCUT2D eigenvalue weighted by Crippen LogP contribution is -2.44. The Morgan fingerprint density at radius 3 is 2.61 bits per heavy atom. The zero-order valence-corrected chi connectivity index (χ0v) is 16.7. The van der Waals surface area contributed by atoms with Crippen molar-refractivity contribution >= 4 is 15.7 Å². The Morgan fingerprint density at radius 1 is 1.29 bits per heavy atom. The van der Waals surface area contributed by atoms with E-state index in [1.165, 1.54) is 12.1 Å². The summed E-state index contributed by atoms with van der Waals surface area (Å²) in [5.74, 6) is 0. The van der Waals surface area contributed by atoms with Gasteiger partial charge in [-0.15, -0.1) is 0 Å². The Hall–Kier alpha value is -2.27. The van der Waals surface area contributed by atoms with Gasteiger partial charge in [-0.25, -0.2) is 13.1 Å². The molecule has 0 amide bonds. The molecule has 10 heteroatoms. The molecule has 2 aromatic rings. The van der Waals surface area contributed by atoms with E-state index in [0.717, 1.165) is 11.8 Å². The van der Waals surface area contributed by atoms with E-state index in [4.69, 9.17) is 4.74 Å². The Labute approximate surface area is 164 Å². The van der Waals surface area contributed by atoms with Gasteiger partial charge in [0, 0.05) is 50.7 Å². The van der Waals surface area contributed by atoms with Gasteiger partial charge in [0.05, 0.1) is 29.1 Å². The van der Waals surface area contributed by atoms with Gasteiger partial charge < -0.3 is 9.30 Å². The third-order valence-corrected chi connectivity index (χ3v) is 6.52. The van der Waals surface area contributed by atoms with Crippen molar-refractivity contribution in [3.8, 4) is 0 Å². The smallest absolute Gasteiger partial charge is 0.270 e. The topological polar surface area (TPSA) is 107 Å². The normalized spacial score (nSPS) is 16.8. The van der Waals surface area contributed by atoms with Crippen LogP contribution in [-0.4, -0.2) is 55.7 Å². The van der Waals surface area contributed by atoms with Gasteiger partial charge in [-0.05, 0) is 24.6 Å². The Bertz CT molecular complexity index is 951. The molecule has 1 N–H and O–H groups in total. The summed E-state index contributed by atoms with van der Waals surface area (Å²) in [4.78, 5) is 12.5. The molecule has 0 radical (unpaired) electrons. The first kappa shape index (κ1) is 20.5. The minimum atomic E-state index is -3.91. The molecule has 1 aliphatic heterocycles. The molecule has 1 unspecified atom stereocenters. The fourth-order valence-corrected chi connectivity index (χ4v) is 4.69. The first-order valence-corrected chi connectivity index (χ1v) is 10.5. The quantitative estimate of drug-likeness (QED) is 0.551. The van der Waals surface area contributed by atoms with Crippen molar-refractivity contribution < 1.29 is 18.1 Å². The van der Waals surface area contributed by atoms with Crippen LogP contribution in [0.2, 0.25) is 0 Å². The van der Waals surface area contributed by atoms with Crippen LogP contribution in [0, 0.1) is 17.0 Å². The van der Waals surface area contributed by atoms with Crippen LogP contribution in [0.1, 0.15) is 17.3 Å². The molecule has 0 bridgehead atoms. The van der Waals surface area contributed by atoms with Crippen molar-refractivity contribution in [2.75, 3.05) is 32.8 Å². The summed E-state index contributed by atoms with van der Waals surface area (Å²) in [7, 11) is -1.99. The molecule has 1 aliphatic rings. The maximum atomic E-state index is 12.9. The molecule has 0 saturated carbocycles. The molecule has 9 nitrogen and oxygen atoms in total. The summed E-state index contributed by atoms with van der Waals surface area (Å²) in [5.41, 5.74) is 1.19. The number of nitrogens with zero attached hydrogens (tertiary/aromatic N) is 3. The van der Waals surface area contributed by atoms with E-state index < -0.39 is 14.9 Å². The number of nitro groups is 1. The molecule has 152 valence electrons. The highest BCUT2D eigenvalue weighted by molar-refractivity contribution is 7.89. The van der Waals surface area contributed by atoms with Crippen molar-refractivity contribution in [3.05, 3.63) is 57.9 Å². The van der Waals surface area contributed by atoms with E-state index in [2.05, 4.69) is 9.62 Å². The van der Waals surface area contributed by atoms with Gasteiger partial charge in [-0.3, -0.25) is 15.0 Å². The Kier molecular flexibility index (Phi) is 6.14. The molecule has 0 spiro atoms. The van der Waals surface area contributed by atoms with Crippen molar-refractivity contribution in [3.63, 3.8) is 0 Å². The molecule has 1 atom stereocenters. The summed E-state index contributed by atoms with van der Waals surface area (Å²) in [6.07, 6.45) is 1.92. The number of morpholine rings is 1. The minimum Gasteiger partial charge on any atom is -0.379 e. The zero-order chi connectivity index (χ0) is 20.3. The highest BCUT2D eigenvalue weighted by atomic mass is 32.2. The molecule has 1 aromatic heterocycles. The molecule has 1 fully saturated rings. The van der Waals surface area contributed by atoms with Crippen LogP contribution in [-0.2, 0) is 21.8 Å². The summed E-state index contributed by atoms with van der Waals surface area (Å²) < 4.78 is 35.8. The molecule has 2 heterocycles. The summed E-state index contributed by atoms with van der Waals surface area (Å²) in [6.45, 7) is 4.37. The zero-order valence-electron chi connectivity index (χ0n) is 15.9. The lowest BCUT2D eigenvalue weighted by Gasteiger charge is -2.35. The fraction of sp³-hybridized carbons (Fsp3) is 0.444. The molecular weight excluding hydrogens is 384 g/mol. The van der Waals surface area contributed by atoms with Gasteiger partial charge >= 0.3 is 0 Å². The number of aromatic nitrogens is 1. The number of non-ortho nitro benzene ring substituents is 1. The number of nitro benzene ring substituents is 1. The van der Waals surface area contributed by atoms with Crippen LogP contribution < -0.4 is 4.72 Å². The Balaban J connectivity index is 1.85. The first-order valence-electron chi connectivity index (χ1n) is 8.97. The van der Waals surface area contributed by atoms with E-state index >= 15 is 0 Å². The van der Waals surface area contributed by atoms with E-state index in [-0.39, 0.29) is 23.2 Å². The predicted octanol–water partition coefficient (Wildman–Crippen LogP) is 1.59. The number of ether oxygens (including phenoxy) is 1. The monoisotopic (exact) mass is 408 g/mol. The lowest BCUT2D eigenvalue weighted by atomic mass is 10.1. The highest BCUT2D eigenvalue weighted by Crippen LogP contribution is 2.24. The number of hydrogen-bond donors (Lipinski definition) is 1. The van der Waals surface area contributed by atoms with Crippen molar-refractivity contribution in [1.82, 2.24) is 14.2 Å². The van der Waals surface area contributed by atoms with Gasteiger partial charge in [-0.2, -0.15) is 0 Å². The lowest BCUT2D eigenvalue weighted by molar-refractivity contribution is -0.385. The van der Waals surface area contributed by atoms with Gasteiger partial charge in [-0.1, -0.05) is 6.07 Å². The van der Waals surface area contributed by atoms with Crippen LogP contribution in [0.5, 0.6) is 0 Å². The van der Waals surface area contributed by atoms with Crippen molar-refractivity contribution in [2.45, 2.75) is 17.9 Å². The SMILES string of the molecule is Cc1ccc([N+](=O)[O-])cc1S(=O)(=O)NCC(c1cccn1C)N1CCOCC1. The average molecular weight is 408 g/mol. The number of rotatable bonds is 7. The van der Waals surface area contributed by atoms with Gasteiger partial charge in [0.15, 0.2) is 0 Å². The number of hydrogen-bond acceptors (Lipinski definition) is 6. The number of sulfonamides is 1. The fourth-order valence-electron chi connectivity index (χ4n) is 3.39. The number of aryl methyl sites for hydroxylation is 2. The van der Waals surface area contributed by atoms with Crippen LogP contribution in [0.15, 0.2) is 41.4 Å². The first-order chi connectivity index (χ1) is 13.3. The summed E-state index contributed by atoms with van der Waals surface area (Å²) in [6, 6.07) is 7.56. The number of nitrogens with one attached hydrogen (secondary N) is 1. The van der Waals surface area contributed by atoms with E-state index in [1.807, 2.05) is 29.9 Å². The second kappa shape index (κ2) is 8.39. The number of benzene rings is 1. The predicted molar refractivity (Wildman–Crippen MR) is 104 cm³/mol. The van der Waals surface area contributed by atoms with Crippen LogP contribution in [0.25, 0.3) is 0 Å². The molecule has 3 rings (SSSR count). The highest BCUT2D eigenvalue weighted by Gasteiger charge is 2.27.